The Morgan fingerprint density at radius 1 is 1.40 bits per heavy atom. The van der Waals surface area contributed by atoms with Gasteiger partial charge in [0.15, 0.2) is 0 Å². The van der Waals surface area contributed by atoms with Crippen LogP contribution >= 0.6 is 0 Å². The van der Waals surface area contributed by atoms with Crippen LogP contribution in [0.4, 0.5) is 4.39 Å². The zero-order chi connectivity index (χ0) is 10.8. The van der Waals surface area contributed by atoms with Gasteiger partial charge in [-0.05, 0) is 31.0 Å². The molecule has 15 heavy (non-hydrogen) atoms. The maximum atomic E-state index is 13.1. The van der Waals surface area contributed by atoms with E-state index in [1.165, 1.54) is 12.1 Å². The second kappa shape index (κ2) is 4.19. The second-order valence-corrected chi connectivity index (χ2v) is 3.99. The third kappa shape index (κ3) is 1.97. The summed E-state index contributed by atoms with van der Waals surface area (Å²) in [7, 11) is 1.57. The van der Waals surface area contributed by atoms with Crippen LogP contribution < -0.4 is 4.74 Å². The average molecular weight is 210 g/mol. The highest BCUT2D eigenvalue weighted by molar-refractivity contribution is 5.38. The van der Waals surface area contributed by atoms with Crippen LogP contribution in [-0.4, -0.2) is 18.3 Å². The molecule has 2 atom stereocenters. The molecule has 0 aliphatic heterocycles. The van der Waals surface area contributed by atoms with Crippen molar-refractivity contribution < 1.29 is 14.2 Å². The van der Waals surface area contributed by atoms with Gasteiger partial charge in [-0.25, -0.2) is 4.39 Å². The van der Waals surface area contributed by atoms with Crippen molar-refractivity contribution in [3.63, 3.8) is 0 Å². The summed E-state index contributed by atoms with van der Waals surface area (Å²) in [5.41, 5.74) is 0.794. The normalized spacial score (nSPS) is 25.5. The molecule has 0 radical (unpaired) electrons. The lowest BCUT2D eigenvalue weighted by Crippen LogP contribution is -2.12. The first-order valence-electron chi connectivity index (χ1n) is 5.24. The van der Waals surface area contributed by atoms with E-state index in [0.717, 1.165) is 24.8 Å². The van der Waals surface area contributed by atoms with Crippen LogP contribution in [0.2, 0.25) is 0 Å². The Bertz CT molecular complexity index is 351. The number of rotatable bonds is 2. The molecule has 2 nitrogen and oxygen atoms in total. The van der Waals surface area contributed by atoms with E-state index in [4.69, 9.17) is 4.74 Å². The Hall–Kier alpha value is -1.09. The monoisotopic (exact) mass is 210 g/mol. The summed E-state index contributed by atoms with van der Waals surface area (Å²) in [5.74, 6) is 0.419. The third-order valence-electron chi connectivity index (χ3n) is 3.07. The molecule has 2 rings (SSSR count). The quantitative estimate of drug-likeness (QED) is 0.812. The van der Waals surface area contributed by atoms with Gasteiger partial charge in [-0.1, -0.05) is 6.42 Å². The lowest BCUT2D eigenvalue weighted by Gasteiger charge is -2.17. The fourth-order valence-electron chi connectivity index (χ4n) is 2.30. The van der Waals surface area contributed by atoms with Gasteiger partial charge in [0.1, 0.15) is 11.6 Å². The van der Waals surface area contributed by atoms with Crippen LogP contribution in [-0.2, 0) is 0 Å². The van der Waals surface area contributed by atoms with E-state index < -0.39 is 0 Å². The SMILES string of the molecule is COc1ccc(F)cc1C1CCCC1O. The van der Waals surface area contributed by atoms with Crippen molar-refractivity contribution >= 4 is 0 Å². The van der Waals surface area contributed by atoms with Crippen LogP contribution in [0.1, 0.15) is 30.7 Å². The predicted octanol–water partition coefficient (Wildman–Crippen LogP) is 2.46. The van der Waals surface area contributed by atoms with Crippen LogP contribution in [0.5, 0.6) is 5.75 Å². The minimum Gasteiger partial charge on any atom is -0.496 e. The van der Waals surface area contributed by atoms with Crippen LogP contribution in [0.25, 0.3) is 0 Å². The van der Waals surface area contributed by atoms with Gasteiger partial charge in [-0.3, -0.25) is 0 Å². The van der Waals surface area contributed by atoms with E-state index in [1.807, 2.05) is 0 Å². The third-order valence-corrected chi connectivity index (χ3v) is 3.07. The summed E-state index contributed by atoms with van der Waals surface area (Å²) < 4.78 is 18.3. The summed E-state index contributed by atoms with van der Waals surface area (Å²) in [4.78, 5) is 0. The highest BCUT2D eigenvalue weighted by atomic mass is 19.1. The number of hydrogen-bond acceptors (Lipinski definition) is 2. The van der Waals surface area contributed by atoms with Crippen LogP contribution in [0.3, 0.4) is 0 Å². The fourth-order valence-corrected chi connectivity index (χ4v) is 2.30. The summed E-state index contributed by atoms with van der Waals surface area (Å²) in [6, 6.07) is 4.47. The maximum absolute atomic E-state index is 13.1. The van der Waals surface area contributed by atoms with Crippen molar-refractivity contribution in [3.05, 3.63) is 29.6 Å². The number of aliphatic hydroxyl groups excluding tert-OH is 1. The van der Waals surface area contributed by atoms with Crippen molar-refractivity contribution in [2.24, 2.45) is 0 Å². The molecule has 1 aliphatic rings. The van der Waals surface area contributed by atoms with E-state index in [1.54, 1.807) is 13.2 Å². The first kappa shape index (κ1) is 10.4. The molecule has 0 bridgehead atoms. The molecule has 0 heterocycles. The first-order chi connectivity index (χ1) is 7.22. The molecule has 3 heteroatoms. The van der Waals surface area contributed by atoms with E-state index in [9.17, 15) is 9.50 Å². The number of benzene rings is 1. The van der Waals surface area contributed by atoms with Crippen molar-refractivity contribution in [3.8, 4) is 5.75 Å². The molecule has 1 aromatic rings. The largest absolute Gasteiger partial charge is 0.496 e. The zero-order valence-electron chi connectivity index (χ0n) is 8.74. The summed E-state index contributed by atoms with van der Waals surface area (Å²) in [6.07, 6.45) is 2.33. The Kier molecular flexibility index (Phi) is 2.91. The molecule has 0 aromatic heterocycles. The van der Waals surface area contributed by atoms with Gasteiger partial charge in [-0.15, -0.1) is 0 Å². The van der Waals surface area contributed by atoms with Crippen LogP contribution in [0.15, 0.2) is 18.2 Å². The molecular formula is C12H15FO2. The molecule has 1 saturated carbocycles. The summed E-state index contributed by atoms with van der Waals surface area (Å²) in [5, 5.41) is 9.78. The number of hydrogen-bond donors (Lipinski definition) is 1. The smallest absolute Gasteiger partial charge is 0.123 e. The molecule has 82 valence electrons. The van der Waals surface area contributed by atoms with Gasteiger partial charge in [0.05, 0.1) is 13.2 Å². The average Bonchev–Trinajstić information content (AvgIpc) is 2.64. The van der Waals surface area contributed by atoms with E-state index in [2.05, 4.69) is 0 Å². The van der Waals surface area contributed by atoms with E-state index in [-0.39, 0.29) is 17.8 Å². The lowest BCUT2D eigenvalue weighted by molar-refractivity contribution is 0.162. The predicted molar refractivity (Wildman–Crippen MR) is 55.6 cm³/mol. The van der Waals surface area contributed by atoms with Gasteiger partial charge in [0.2, 0.25) is 0 Å². The lowest BCUT2D eigenvalue weighted by atomic mass is 9.95. The highest BCUT2D eigenvalue weighted by Gasteiger charge is 2.29. The molecule has 1 aliphatic carbocycles. The first-order valence-corrected chi connectivity index (χ1v) is 5.24. The Balaban J connectivity index is 2.36. The molecule has 1 fully saturated rings. The standard InChI is InChI=1S/C12H15FO2/c1-15-12-6-5-8(13)7-10(12)9-3-2-4-11(9)14/h5-7,9,11,14H,2-4H2,1H3. The zero-order valence-corrected chi connectivity index (χ0v) is 8.74. The summed E-state index contributed by atoms with van der Waals surface area (Å²) in [6.45, 7) is 0. The number of ether oxygens (including phenoxy) is 1. The molecule has 0 saturated heterocycles. The van der Waals surface area contributed by atoms with Crippen molar-refractivity contribution in [2.75, 3.05) is 7.11 Å². The molecule has 1 aromatic carbocycles. The fraction of sp³-hybridized carbons (Fsp3) is 0.500. The summed E-state index contributed by atoms with van der Waals surface area (Å²) >= 11 is 0. The number of methoxy groups -OCH3 is 1. The minimum absolute atomic E-state index is 0.0237. The molecular weight excluding hydrogens is 195 g/mol. The number of halogens is 1. The van der Waals surface area contributed by atoms with Crippen molar-refractivity contribution in [1.82, 2.24) is 0 Å². The maximum Gasteiger partial charge on any atom is 0.123 e. The van der Waals surface area contributed by atoms with Gasteiger partial charge >= 0.3 is 0 Å². The van der Waals surface area contributed by atoms with E-state index >= 15 is 0 Å². The number of aliphatic hydroxyl groups is 1. The molecule has 1 N–H and O–H groups in total. The minimum atomic E-state index is -0.360. The Labute approximate surface area is 88.7 Å². The Morgan fingerprint density at radius 2 is 2.20 bits per heavy atom. The molecule has 0 amide bonds. The topological polar surface area (TPSA) is 29.5 Å². The van der Waals surface area contributed by atoms with E-state index in [0.29, 0.717) is 5.75 Å². The van der Waals surface area contributed by atoms with Crippen molar-refractivity contribution in [2.45, 2.75) is 31.3 Å². The highest BCUT2D eigenvalue weighted by Crippen LogP contribution is 2.39. The van der Waals surface area contributed by atoms with Gasteiger partial charge in [0, 0.05) is 11.5 Å². The molecule has 2 unspecified atom stereocenters. The second-order valence-electron chi connectivity index (χ2n) is 3.99. The van der Waals surface area contributed by atoms with Gasteiger partial charge in [-0.2, -0.15) is 0 Å². The molecule has 0 spiro atoms. The Morgan fingerprint density at radius 3 is 2.80 bits per heavy atom. The van der Waals surface area contributed by atoms with Crippen molar-refractivity contribution in [1.29, 1.82) is 0 Å². The van der Waals surface area contributed by atoms with Crippen LogP contribution in [0, 0.1) is 5.82 Å². The van der Waals surface area contributed by atoms with Gasteiger partial charge < -0.3 is 9.84 Å². The van der Waals surface area contributed by atoms with Gasteiger partial charge in [0.25, 0.3) is 0 Å².